The second-order valence-electron chi connectivity index (χ2n) is 8.77. The quantitative estimate of drug-likeness (QED) is 0.367. The molecule has 0 saturated carbocycles. The van der Waals surface area contributed by atoms with Crippen molar-refractivity contribution in [3.63, 3.8) is 0 Å². The Hall–Kier alpha value is -2.83. The molecule has 0 aliphatic rings. The van der Waals surface area contributed by atoms with Gasteiger partial charge in [-0.3, -0.25) is 0 Å². The lowest BCUT2D eigenvalue weighted by atomic mass is 10.0. The number of esters is 1. The number of ether oxygens (including phenoxy) is 3. The van der Waals surface area contributed by atoms with Gasteiger partial charge < -0.3 is 14.2 Å². The minimum atomic E-state index is -0.740. The van der Waals surface area contributed by atoms with E-state index in [1.54, 1.807) is 47.6 Å². The Bertz CT molecular complexity index is 743. The zero-order valence-electron chi connectivity index (χ0n) is 19.0. The molecule has 0 aliphatic heterocycles. The van der Waals surface area contributed by atoms with Gasteiger partial charge in [0.2, 0.25) is 0 Å². The summed E-state index contributed by atoms with van der Waals surface area (Å²) < 4.78 is 15.3. The number of amides is 2. The van der Waals surface area contributed by atoms with Crippen LogP contribution >= 0.6 is 0 Å². The van der Waals surface area contributed by atoms with Gasteiger partial charge in [0.05, 0.1) is 7.11 Å². The molecule has 1 aromatic rings. The molecular weight excluding hydrogens is 386 g/mol. The third-order valence-electron chi connectivity index (χ3n) is 3.71. The van der Waals surface area contributed by atoms with Gasteiger partial charge in [-0.05, 0) is 71.6 Å². The molecule has 0 unspecified atom stereocenters. The van der Waals surface area contributed by atoms with E-state index in [1.165, 1.54) is 13.2 Å². The van der Waals surface area contributed by atoms with Gasteiger partial charge in [-0.1, -0.05) is 24.3 Å². The van der Waals surface area contributed by atoms with E-state index in [1.807, 2.05) is 24.3 Å². The highest BCUT2D eigenvalue weighted by molar-refractivity contribution is 5.88. The molecule has 1 aromatic carbocycles. The third-order valence-corrected chi connectivity index (χ3v) is 3.71. The number of carbonyl (C=O) groups excluding carboxylic acids is 3. The number of hydrogen-bond acceptors (Lipinski definition) is 6. The van der Waals surface area contributed by atoms with Gasteiger partial charge in [-0.15, -0.1) is 0 Å². The molecule has 0 N–H and O–H groups in total. The van der Waals surface area contributed by atoms with Crippen LogP contribution in [-0.4, -0.2) is 47.9 Å². The Morgan fingerprint density at radius 3 is 1.97 bits per heavy atom. The fourth-order valence-corrected chi connectivity index (χ4v) is 2.47. The van der Waals surface area contributed by atoms with Crippen LogP contribution in [0.2, 0.25) is 0 Å². The van der Waals surface area contributed by atoms with Crippen LogP contribution in [-0.2, 0) is 25.4 Å². The fraction of sp³-hybridized carbons (Fsp3) is 0.522. The van der Waals surface area contributed by atoms with Gasteiger partial charge in [0.1, 0.15) is 11.2 Å². The lowest BCUT2D eigenvalue weighted by Gasteiger charge is -2.28. The smallest absolute Gasteiger partial charge is 0.419 e. The summed E-state index contributed by atoms with van der Waals surface area (Å²) >= 11 is 0. The van der Waals surface area contributed by atoms with Crippen molar-refractivity contribution >= 4 is 24.2 Å². The number of aryl methyl sites for hydroxylation is 1. The van der Waals surface area contributed by atoms with Crippen LogP contribution in [0.3, 0.4) is 0 Å². The van der Waals surface area contributed by atoms with E-state index < -0.39 is 29.4 Å². The predicted octanol–water partition coefficient (Wildman–Crippen LogP) is 4.98. The topological polar surface area (TPSA) is 82.1 Å². The van der Waals surface area contributed by atoms with Gasteiger partial charge in [0, 0.05) is 12.6 Å². The van der Waals surface area contributed by atoms with Crippen molar-refractivity contribution in [3.8, 4) is 0 Å². The first-order chi connectivity index (χ1) is 13.8. The van der Waals surface area contributed by atoms with E-state index in [4.69, 9.17) is 9.47 Å². The molecule has 0 radical (unpaired) electrons. The van der Waals surface area contributed by atoms with Crippen LogP contribution in [0.1, 0.15) is 59.1 Å². The zero-order chi connectivity index (χ0) is 22.9. The average Bonchev–Trinajstić information content (AvgIpc) is 2.60. The van der Waals surface area contributed by atoms with E-state index in [2.05, 4.69) is 4.74 Å². The van der Waals surface area contributed by atoms with Crippen molar-refractivity contribution in [2.45, 2.75) is 65.6 Å². The molecule has 0 aliphatic carbocycles. The van der Waals surface area contributed by atoms with Crippen molar-refractivity contribution in [1.29, 1.82) is 0 Å². The molecule has 0 bridgehead atoms. The highest BCUT2D eigenvalue weighted by Crippen LogP contribution is 2.17. The highest BCUT2D eigenvalue weighted by atomic mass is 16.6. The van der Waals surface area contributed by atoms with Gasteiger partial charge in [-0.2, -0.15) is 0 Å². The molecule has 0 heterocycles. The van der Waals surface area contributed by atoms with Crippen LogP contribution in [0.4, 0.5) is 9.59 Å². The predicted molar refractivity (Wildman–Crippen MR) is 115 cm³/mol. The molecule has 30 heavy (non-hydrogen) atoms. The van der Waals surface area contributed by atoms with E-state index in [0.29, 0.717) is 12.8 Å². The Morgan fingerprint density at radius 1 is 0.933 bits per heavy atom. The Morgan fingerprint density at radius 2 is 1.47 bits per heavy atom. The molecule has 7 nitrogen and oxygen atoms in total. The van der Waals surface area contributed by atoms with Crippen molar-refractivity contribution in [3.05, 3.63) is 41.5 Å². The molecule has 0 saturated heterocycles. The second-order valence-corrected chi connectivity index (χ2v) is 8.77. The molecule has 0 spiro atoms. The van der Waals surface area contributed by atoms with Crippen LogP contribution in [0.25, 0.3) is 6.08 Å². The van der Waals surface area contributed by atoms with Gasteiger partial charge in [0.25, 0.3) is 0 Å². The van der Waals surface area contributed by atoms with Crippen molar-refractivity contribution in [2.24, 2.45) is 0 Å². The van der Waals surface area contributed by atoms with Crippen LogP contribution in [0, 0.1) is 0 Å². The van der Waals surface area contributed by atoms with Gasteiger partial charge in [0.15, 0.2) is 0 Å². The largest absolute Gasteiger partial charge is 0.466 e. The van der Waals surface area contributed by atoms with Crippen molar-refractivity contribution < 1.29 is 28.6 Å². The molecule has 7 heteroatoms. The summed E-state index contributed by atoms with van der Waals surface area (Å²) in [5, 5.41) is 0. The maximum atomic E-state index is 12.5. The number of imide groups is 1. The molecule has 166 valence electrons. The van der Waals surface area contributed by atoms with Crippen LogP contribution < -0.4 is 0 Å². The van der Waals surface area contributed by atoms with E-state index in [-0.39, 0.29) is 6.54 Å². The summed E-state index contributed by atoms with van der Waals surface area (Å²) in [6.07, 6.45) is 2.64. The average molecular weight is 420 g/mol. The summed E-state index contributed by atoms with van der Waals surface area (Å²) in [6.45, 7) is 10.6. The first kappa shape index (κ1) is 25.2. The number of nitrogens with zero attached hydrogens (tertiary/aromatic N) is 1. The third kappa shape index (κ3) is 9.58. The van der Waals surface area contributed by atoms with Gasteiger partial charge >= 0.3 is 18.2 Å². The Labute approximate surface area is 179 Å². The van der Waals surface area contributed by atoms with E-state index in [9.17, 15) is 14.4 Å². The minimum Gasteiger partial charge on any atom is -0.466 e. The first-order valence-corrected chi connectivity index (χ1v) is 9.90. The second kappa shape index (κ2) is 10.8. The van der Waals surface area contributed by atoms with Crippen LogP contribution in [0.5, 0.6) is 0 Å². The molecule has 1 rings (SSSR count). The number of carbonyl (C=O) groups is 3. The molecule has 0 atom stereocenters. The summed E-state index contributed by atoms with van der Waals surface area (Å²) in [7, 11) is 1.32. The maximum Gasteiger partial charge on any atom is 0.419 e. The van der Waals surface area contributed by atoms with Crippen LogP contribution in [0.15, 0.2) is 30.3 Å². The standard InChI is InChI=1S/C23H33NO6/c1-22(2,3)29-20(26)24(21(27)30-23(4,5)6)16-10-13-17-11-8-9-12-18(17)14-15-19(25)28-7/h8-9,11-12,14-15H,10,13,16H2,1-7H3. The summed E-state index contributed by atoms with van der Waals surface area (Å²) in [5.41, 5.74) is 0.376. The van der Waals surface area contributed by atoms with Gasteiger partial charge in [-0.25, -0.2) is 19.3 Å². The summed E-state index contributed by atoms with van der Waals surface area (Å²) in [4.78, 5) is 37.4. The Balaban J connectivity index is 2.89. The minimum absolute atomic E-state index is 0.138. The molecule has 0 fully saturated rings. The maximum absolute atomic E-state index is 12.5. The number of methoxy groups -OCH3 is 1. The summed E-state index contributed by atoms with van der Waals surface area (Å²) in [6, 6.07) is 7.58. The number of hydrogen-bond donors (Lipinski definition) is 0. The molecule has 0 aromatic heterocycles. The highest BCUT2D eigenvalue weighted by Gasteiger charge is 2.30. The monoisotopic (exact) mass is 419 g/mol. The van der Waals surface area contributed by atoms with Crippen molar-refractivity contribution in [1.82, 2.24) is 4.90 Å². The first-order valence-electron chi connectivity index (χ1n) is 9.90. The SMILES string of the molecule is COC(=O)C=Cc1ccccc1CCCN(C(=O)OC(C)(C)C)C(=O)OC(C)(C)C. The zero-order valence-corrected chi connectivity index (χ0v) is 19.0. The lowest BCUT2D eigenvalue weighted by Crippen LogP contribution is -2.44. The molecular formula is C23H33NO6. The lowest BCUT2D eigenvalue weighted by molar-refractivity contribution is -0.134. The van der Waals surface area contributed by atoms with E-state index in [0.717, 1.165) is 16.0 Å². The van der Waals surface area contributed by atoms with E-state index >= 15 is 0 Å². The summed E-state index contributed by atoms with van der Waals surface area (Å²) in [5.74, 6) is -0.439. The molecule has 2 amide bonds. The number of rotatable bonds is 6. The Kier molecular flexibility index (Phi) is 9.08. The normalized spacial score (nSPS) is 11.8. The number of benzene rings is 1. The van der Waals surface area contributed by atoms with Crippen molar-refractivity contribution in [2.75, 3.05) is 13.7 Å². The fourth-order valence-electron chi connectivity index (χ4n) is 2.47.